The molecule has 6 heteroatoms. The number of methoxy groups -OCH3 is 2. The average molecular weight is 404 g/mol. The van der Waals surface area contributed by atoms with E-state index in [1.165, 1.54) is 17.4 Å². The van der Waals surface area contributed by atoms with Gasteiger partial charge in [-0.2, -0.15) is 0 Å². The van der Waals surface area contributed by atoms with E-state index in [4.69, 9.17) is 14.5 Å². The second-order valence-corrected chi connectivity index (χ2v) is 7.61. The summed E-state index contributed by atoms with van der Waals surface area (Å²) >= 11 is 1.48. The molecule has 0 saturated carbocycles. The lowest BCUT2D eigenvalue weighted by atomic mass is 10.0. The fourth-order valence-corrected chi connectivity index (χ4v) is 4.56. The first-order chi connectivity index (χ1) is 14.2. The molecule has 0 bridgehead atoms. The number of rotatable bonds is 4. The van der Waals surface area contributed by atoms with Crippen LogP contribution < -0.4 is 9.47 Å². The Balaban J connectivity index is 1.81. The van der Waals surface area contributed by atoms with E-state index >= 15 is 0 Å². The van der Waals surface area contributed by atoms with Crippen molar-refractivity contribution >= 4 is 26.5 Å². The second-order valence-electron chi connectivity index (χ2n) is 6.60. The van der Waals surface area contributed by atoms with Crippen molar-refractivity contribution in [2.45, 2.75) is 0 Å². The molecule has 29 heavy (non-hydrogen) atoms. The standard InChI is InChI=1S/C23H17FN2O2S/c1-27-17-8-3-14(4-9-17)21-22(15-5-10-18(28-2)11-6-15)26-19-12-7-16(24)13-20(19)29-23(26)25-21/h3-13H,1-2H3. The Morgan fingerprint density at radius 1 is 0.828 bits per heavy atom. The molecule has 0 aliphatic carbocycles. The van der Waals surface area contributed by atoms with Gasteiger partial charge in [0.05, 0.1) is 35.8 Å². The minimum absolute atomic E-state index is 0.247. The molecule has 5 rings (SSSR count). The summed E-state index contributed by atoms with van der Waals surface area (Å²) in [6, 6.07) is 20.6. The van der Waals surface area contributed by atoms with Crippen LogP contribution in [-0.2, 0) is 0 Å². The first-order valence-corrected chi connectivity index (χ1v) is 9.89. The van der Waals surface area contributed by atoms with Crippen LogP contribution in [0.3, 0.4) is 0 Å². The van der Waals surface area contributed by atoms with Crippen LogP contribution in [0.15, 0.2) is 66.7 Å². The number of nitrogens with zero attached hydrogens (tertiary/aromatic N) is 2. The van der Waals surface area contributed by atoms with Crippen LogP contribution in [0.5, 0.6) is 11.5 Å². The minimum Gasteiger partial charge on any atom is -0.497 e. The molecule has 0 atom stereocenters. The summed E-state index contributed by atoms with van der Waals surface area (Å²) in [6.45, 7) is 0. The van der Waals surface area contributed by atoms with Crippen molar-refractivity contribution in [3.63, 3.8) is 0 Å². The van der Waals surface area contributed by atoms with E-state index in [9.17, 15) is 4.39 Å². The Hall–Kier alpha value is -3.38. The summed E-state index contributed by atoms with van der Waals surface area (Å²) in [5.74, 6) is 1.34. The minimum atomic E-state index is -0.247. The zero-order chi connectivity index (χ0) is 20.0. The number of halogens is 1. The number of imidazole rings is 1. The lowest BCUT2D eigenvalue weighted by molar-refractivity contribution is 0.414. The van der Waals surface area contributed by atoms with Crippen molar-refractivity contribution in [3.05, 3.63) is 72.5 Å². The van der Waals surface area contributed by atoms with Gasteiger partial charge in [0.1, 0.15) is 17.3 Å². The average Bonchev–Trinajstić information content (AvgIpc) is 3.29. The summed E-state index contributed by atoms with van der Waals surface area (Å²) in [5.41, 5.74) is 4.77. The molecule has 0 unspecified atom stereocenters. The Morgan fingerprint density at radius 3 is 2.07 bits per heavy atom. The molecule has 2 aromatic heterocycles. The zero-order valence-electron chi connectivity index (χ0n) is 15.8. The second kappa shape index (κ2) is 6.90. The van der Waals surface area contributed by atoms with E-state index in [1.807, 2.05) is 48.5 Å². The van der Waals surface area contributed by atoms with Gasteiger partial charge in [-0.1, -0.05) is 11.3 Å². The van der Waals surface area contributed by atoms with Crippen LogP contribution in [0.25, 0.3) is 37.7 Å². The lowest BCUT2D eigenvalue weighted by Gasteiger charge is -2.08. The number of benzene rings is 3. The maximum absolute atomic E-state index is 13.7. The predicted octanol–water partition coefficient (Wildman–Crippen LogP) is 6.04. The van der Waals surface area contributed by atoms with Gasteiger partial charge < -0.3 is 9.47 Å². The van der Waals surface area contributed by atoms with Crippen molar-refractivity contribution in [2.75, 3.05) is 14.2 Å². The molecule has 4 nitrogen and oxygen atoms in total. The molecule has 0 fully saturated rings. The Kier molecular flexibility index (Phi) is 4.21. The van der Waals surface area contributed by atoms with Crippen molar-refractivity contribution in [3.8, 4) is 34.0 Å². The number of aromatic nitrogens is 2. The third-order valence-corrected chi connectivity index (χ3v) is 5.94. The van der Waals surface area contributed by atoms with Gasteiger partial charge in [-0.05, 0) is 66.7 Å². The molecule has 0 saturated heterocycles. The van der Waals surface area contributed by atoms with Gasteiger partial charge in [0, 0.05) is 11.1 Å². The largest absolute Gasteiger partial charge is 0.497 e. The highest BCUT2D eigenvalue weighted by Gasteiger charge is 2.20. The molecule has 0 aliphatic heterocycles. The van der Waals surface area contributed by atoms with Crippen molar-refractivity contribution in [1.29, 1.82) is 0 Å². The highest BCUT2D eigenvalue weighted by atomic mass is 32.1. The SMILES string of the molecule is COc1ccc(-c2nc3sc4cc(F)ccc4n3c2-c2ccc(OC)cc2)cc1. The number of ether oxygens (including phenoxy) is 2. The topological polar surface area (TPSA) is 35.8 Å². The molecule has 5 aromatic rings. The first-order valence-electron chi connectivity index (χ1n) is 9.07. The number of hydrogen-bond acceptors (Lipinski definition) is 4. The van der Waals surface area contributed by atoms with E-state index in [0.29, 0.717) is 0 Å². The maximum atomic E-state index is 13.7. The van der Waals surface area contributed by atoms with Gasteiger partial charge in [0.2, 0.25) is 0 Å². The van der Waals surface area contributed by atoms with E-state index in [0.717, 1.165) is 49.2 Å². The fraction of sp³-hybridized carbons (Fsp3) is 0.0870. The first kappa shape index (κ1) is 17.7. The van der Waals surface area contributed by atoms with Crippen LogP contribution >= 0.6 is 11.3 Å². The molecule has 0 radical (unpaired) electrons. The Morgan fingerprint density at radius 2 is 1.45 bits per heavy atom. The molecule has 2 heterocycles. The smallest absolute Gasteiger partial charge is 0.195 e. The highest BCUT2D eigenvalue weighted by molar-refractivity contribution is 7.23. The van der Waals surface area contributed by atoms with Gasteiger partial charge in [-0.15, -0.1) is 0 Å². The van der Waals surface area contributed by atoms with Crippen molar-refractivity contribution in [2.24, 2.45) is 0 Å². The van der Waals surface area contributed by atoms with Crippen LogP contribution in [-0.4, -0.2) is 23.6 Å². The normalized spacial score (nSPS) is 11.3. The number of thiazole rings is 1. The summed E-state index contributed by atoms with van der Waals surface area (Å²) in [7, 11) is 3.30. The van der Waals surface area contributed by atoms with Crippen LogP contribution in [0.2, 0.25) is 0 Å². The van der Waals surface area contributed by atoms with Crippen molar-refractivity contribution in [1.82, 2.24) is 9.38 Å². The van der Waals surface area contributed by atoms with Crippen LogP contribution in [0.1, 0.15) is 0 Å². The third kappa shape index (κ3) is 2.93. The molecule has 0 aliphatic rings. The van der Waals surface area contributed by atoms with Crippen LogP contribution in [0, 0.1) is 5.82 Å². The van der Waals surface area contributed by atoms with E-state index in [2.05, 4.69) is 4.40 Å². The van der Waals surface area contributed by atoms with Crippen molar-refractivity contribution < 1.29 is 13.9 Å². The lowest BCUT2D eigenvalue weighted by Crippen LogP contribution is -1.90. The third-order valence-electron chi connectivity index (χ3n) is 4.94. The molecule has 144 valence electrons. The van der Waals surface area contributed by atoms with E-state index < -0.39 is 0 Å². The number of hydrogen-bond donors (Lipinski definition) is 0. The highest BCUT2D eigenvalue weighted by Crippen LogP contribution is 2.39. The van der Waals surface area contributed by atoms with Gasteiger partial charge in [0.15, 0.2) is 4.96 Å². The Labute approximate surface area is 170 Å². The predicted molar refractivity (Wildman–Crippen MR) is 115 cm³/mol. The van der Waals surface area contributed by atoms with Gasteiger partial charge in [-0.25, -0.2) is 9.37 Å². The summed E-state index contributed by atoms with van der Waals surface area (Å²) < 4.78 is 27.3. The molecule has 3 aromatic carbocycles. The van der Waals surface area contributed by atoms with E-state index in [-0.39, 0.29) is 5.82 Å². The molecule has 0 spiro atoms. The van der Waals surface area contributed by atoms with E-state index in [1.54, 1.807) is 26.4 Å². The Bertz CT molecular complexity index is 1320. The molecule has 0 amide bonds. The van der Waals surface area contributed by atoms with Gasteiger partial charge in [0.25, 0.3) is 0 Å². The molecular formula is C23H17FN2O2S. The molecule has 0 N–H and O–H groups in total. The quantitative estimate of drug-likeness (QED) is 0.366. The summed E-state index contributed by atoms with van der Waals surface area (Å²) in [5, 5.41) is 0. The fourth-order valence-electron chi connectivity index (χ4n) is 3.51. The van der Waals surface area contributed by atoms with Gasteiger partial charge in [-0.3, -0.25) is 4.40 Å². The van der Waals surface area contributed by atoms with Gasteiger partial charge >= 0.3 is 0 Å². The summed E-state index contributed by atoms with van der Waals surface area (Å²) in [6.07, 6.45) is 0. The molecular weight excluding hydrogens is 387 g/mol. The zero-order valence-corrected chi connectivity index (χ0v) is 16.7. The monoisotopic (exact) mass is 404 g/mol. The summed E-state index contributed by atoms with van der Waals surface area (Å²) in [4.78, 5) is 5.73. The van der Waals surface area contributed by atoms with Crippen LogP contribution in [0.4, 0.5) is 4.39 Å². The maximum Gasteiger partial charge on any atom is 0.195 e. The number of fused-ring (bicyclic) bond motifs is 3.